The van der Waals surface area contributed by atoms with E-state index in [0.29, 0.717) is 0 Å². The maximum Gasteiger partial charge on any atom is 0.252 e. The van der Waals surface area contributed by atoms with Gasteiger partial charge in [-0.25, -0.2) is 0 Å². The fraction of sp³-hybridized carbons (Fsp3) is 0.167. The van der Waals surface area contributed by atoms with Crippen LogP contribution in [0.25, 0.3) is 10.4 Å². The molecule has 0 aliphatic carbocycles. The molecule has 3 rings (SSSR count). The summed E-state index contributed by atoms with van der Waals surface area (Å²) in [4.78, 5) is 17.9. The number of fused-ring (bicyclic) bond motifs is 1. The first-order chi connectivity index (χ1) is 7.84. The zero-order chi connectivity index (χ0) is 11.0. The second-order valence-corrected chi connectivity index (χ2v) is 4.83. The Morgan fingerprint density at radius 2 is 2.12 bits per heavy atom. The van der Waals surface area contributed by atoms with Crippen molar-refractivity contribution in [1.82, 2.24) is 10.3 Å². The van der Waals surface area contributed by atoms with Gasteiger partial charge in [-0.3, -0.25) is 9.78 Å². The molecule has 0 radical (unpaired) electrons. The number of nitrogens with one attached hydrogen (secondary N) is 1. The summed E-state index contributed by atoms with van der Waals surface area (Å²) in [6.07, 6.45) is 4.49. The molecule has 2 aromatic rings. The number of amides is 1. The Bertz CT molecular complexity index is 533. The van der Waals surface area contributed by atoms with Gasteiger partial charge in [0.2, 0.25) is 0 Å². The molecule has 1 aliphatic rings. The van der Waals surface area contributed by atoms with Crippen LogP contribution in [-0.4, -0.2) is 17.4 Å². The largest absolute Gasteiger partial charge is 0.352 e. The van der Waals surface area contributed by atoms with Crippen LogP contribution in [0.1, 0.15) is 15.2 Å². The smallest absolute Gasteiger partial charge is 0.252 e. The van der Waals surface area contributed by atoms with Crippen molar-refractivity contribution in [3.05, 3.63) is 41.0 Å². The molecule has 1 aliphatic heterocycles. The number of pyridine rings is 1. The Kier molecular flexibility index (Phi) is 2.22. The lowest BCUT2D eigenvalue weighted by molar-refractivity contribution is 0.0947. The van der Waals surface area contributed by atoms with Crippen molar-refractivity contribution in [2.75, 3.05) is 6.54 Å². The molecule has 0 saturated carbocycles. The zero-order valence-corrected chi connectivity index (χ0v) is 9.38. The van der Waals surface area contributed by atoms with Gasteiger partial charge in [-0.1, -0.05) is 0 Å². The van der Waals surface area contributed by atoms with Crippen LogP contribution in [0.2, 0.25) is 0 Å². The van der Waals surface area contributed by atoms with Crippen molar-refractivity contribution in [2.24, 2.45) is 0 Å². The number of aromatic nitrogens is 1. The number of hydrogen-bond acceptors (Lipinski definition) is 3. The molecule has 0 spiro atoms. The first-order valence-corrected chi connectivity index (χ1v) is 5.97. The SMILES string of the molecule is O=C1NCCc2sc(-c3ccncc3)cc21. The van der Waals surface area contributed by atoms with Crippen LogP contribution < -0.4 is 5.32 Å². The van der Waals surface area contributed by atoms with Crippen LogP contribution in [0, 0.1) is 0 Å². The van der Waals surface area contributed by atoms with E-state index in [2.05, 4.69) is 10.3 Å². The Labute approximate surface area is 97.1 Å². The van der Waals surface area contributed by atoms with Gasteiger partial charge in [0.15, 0.2) is 0 Å². The normalized spacial score (nSPS) is 14.4. The Balaban J connectivity index is 2.08. The summed E-state index contributed by atoms with van der Waals surface area (Å²) in [7, 11) is 0. The first kappa shape index (κ1) is 9.54. The third-order valence-electron chi connectivity index (χ3n) is 2.66. The topological polar surface area (TPSA) is 42.0 Å². The van der Waals surface area contributed by atoms with Crippen molar-refractivity contribution in [3.63, 3.8) is 0 Å². The third kappa shape index (κ3) is 1.51. The van der Waals surface area contributed by atoms with Crippen molar-refractivity contribution < 1.29 is 4.79 Å². The van der Waals surface area contributed by atoms with Crippen LogP contribution in [0.4, 0.5) is 0 Å². The summed E-state index contributed by atoms with van der Waals surface area (Å²) < 4.78 is 0. The van der Waals surface area contributed by atoms with Crippen molar-refractivity contribution in [2.45, 2.75) is 6.42 Å². The highest BCUT2D eigenvalue weighted by molar-refractivity contribution is 7.15. The second kappa shape index (κ2) is 3.72. The molecular formula is C12H10N2OS. The van der Waals surface area contributed by atoms with E-state index in [1.54, 1.807) is 23.7 Å². The van der Waals surface area contributed by atoms with Gasteiger partial charge in [0.1, 0.15) is 0 Å². The lowest BCUT2D eigenvalue weighted by Gasteiger charge is -2.10. The molecule has 3 heterocycles. The Morgan fingerprint density at radius 3 is 2.88 bits per heavy atom. The number of rotatable bonds is 1. The van der Waals surface area contributed by atoms with Gasteiger partial charge in [0.25, 0.3) is 5.91 Å². The molecule has 0 saturated heterocycles. The predicted octanol–water partition coefficient (Wildman–Crippen LogP) is 2.10. The molecule has 0 atom stereocenters. The maximum absolute atomic E-state index is 11.6. The average molecular weight is 230 g/mol. The number of nitrogens with zero attached hydrogens (tertiary/aromatic N) is 1. The summed E-state index contributed by atoms with van der Waals surface area (Å²) in [5.41, 5.74) is 1.96. The van der Waals surface area contributed by atoms with E-state index >= 15 is 0 Å². The predicted molar refractivity (Wildman–Crippen MR) is 63.6 cm³/mol. The molecule has 0 unspecified atom stereocenters. The highest BCUT2D eigenvalue weighted by Gasteiger charge is 2.20. The summed E-state index contributed by atoms with van der Waals surface area (Å²) in [5, 5.41) is 2.86. The van der Waals surface area contributed by atoms with E-state index < -0.39 is 0 Å². The van der Waals surface area contributed by atoms with Gasteiger partial charge in [-0.15, -0.1) is 11.3 Å². The minimum Gasteiger partial charge on any atom is -0.352 e. The van der Waals surface area contributed by atoms with Crippen LogP contribution >= 0.6 is 11.3 Å². The van der Waals surface area contributed by atoms with Gasteiger partial charge >= 0.3 is 0 Å². The standard InChI is InChI=1S/C12H10N2OS/c15-12-9-7-11(8-1-4-13-5-2-8)16-10(9)3-6-14-12/h1-2,4-5,7H,3,6H2,(H,14,15). The molecule has 1 N–H and O–H groups in total. The summed E-state index contributed by atoms with van der Waals surface area (Å²) in [6.45, 7) is 0.752. The van der Waals surface area contributed by atoms with Crippen molar-refractivity contribution in [3.8, 4) is 10.4 Å². The van der Waals surface area contributed by atoms with Crippen LogP contribution in [0.5, 0.6) is 0 Å². The maximum atomic E-state index is 11.6. The van der Waals surface area contributed by atoms with Crippen molar-refractivity contribution in [1.29, 1.82) is 0 Å². The second-order valence-electron chi connectivity index (χ2n) is 3.69. The Hall–Kier alpha value is -1.68. The minimum atomic E-state index is 0.0535. The molecule has 0 fully saturated rings. The number of carbonyl (C=O) groups is 1. The van der Waals surface area contributed by atoms with Gasteiger partial charge < -0.3 is 5.32 Å². The number of carbonyl (C=O) groups excluding carboxylic acids is 1. The molecule has 4 heteroatoms. The van der Waals surface area contributed by atoms with E-state index in [4.69, 9.17) is 0 Å². The van der Waals surface area contributed by atoms with Gasteiger partial charge in [0, 0.05) is 28.7 Å². The van der Waals surface area contributed by atoms with Crippen LogP contribution in [0.15, 0.2) is 30.6 Å². The van der Waals surface area contributed by atoms with Gasteiger partial charge in [-0.2, -0.15) is 0 Å². The van der Waals surface area contributed by atoms with Gasteiger partial charge in [-0.05, 0) is 30.2 Å². The van der Waals surface area contributed by atoms with Crippen LogP contribution in [-0.2, 0) is 6.42 Å². The molecule has 1 amide bonds. The first-order valence-electron chi connectivity index (χ1n) is 5.16. The van der Waals surface area contributed by atoms with E-state index in [0.717, 1.165) is 29.0 Å². The van der Waals surface area contributed by atoms with Crippen molar-refractivity contribution >= 4 is 17.2 Å². The molecule has 3 nitrogen and oxygen atoms in total. The summed E-state index contributed by atoms with van der Waals surface area (Å²) in [5.74, 6) is 0.0535. The fourth-order valence-electron chi connectivity index (χ4n) is 1.85. The van der Waals surface area contributed by atoms with Gasteiger partial charge in [0.05, 0.1) is 5.56 Å². The molecule has 80 valence electrons. The molecule has 2 aromatic heterocycles. The molecule has 0 aromatic carbocycles. The van der Waals surface area contributed by atoms with E-state index in [1.165, 1.54) is 4.88 Å². The fourth-order valence-corrected chi connectivity index (χ4v) is 3.01. The molecule has 0 bridgehead atoms. The zero-order valence-electron chi connectivity index (χ0n) is 8.56. The van der Waals surface area contributed by atoms with E-state index in [1.807, 2.05) is 18.2 Å². The molecule has 16 heavy (non-hydrogen) atoms. The quantitative estimate of drug-likeness (QED) is 0.815. The average Bonchev–Trinajstić information content (AvgIpc) is 2.76. The van der Waals surface area contributed by atoms with E-state index in [9.17, 15) is 4.79 Å². The monoisotopic (exact) mass is 230 g/mol. The van der Waals surface area contributed by atoms with E-state index in [-0.39, 0.29) is 5.91 Å². The third-order valence-corrected chi connectivity index (χ3v) is 3.90. The molecular weight excluding hydrogens is 220 g/mol. The number of thiophene rings is 1. The lowest BCUT2D eigenvalue weighted by Crippen LogP contribution is -2.30. The number of hydrogen-bond donors (Lipinski definition) is 1. The lowest BCUT2D eigenvalue weighted by atomic mass is 10.1. The summed E-state index contributed by atoms with van der Waals surface area (Å²) >= 11 is 1.70. The Morgan fingerprint density at radius 1 is 1.31 bits per heavy atom. The summed E-state index contributed by atoms with van der Waals surface area (Å²) in [6, 6.07) is 5.91. The van der Waals surface area contributed by atoms with Crippen LogP contribution in [0.3, 0.4) is 0 Å². The highest BCUT2D eigenvalue weighted by atomic mass is 32.1. The minimum absolute atomic E-state index is 0.0535. The highest BCUT2D eigenvalue weighted by Crippen LogP contribution is 2.32.